The molecule has 0 spiro atoms. The van der Waals surface area contributed by atoms with E-state index in [0.29, 0.717) is 5.57 Å². The van der Waals surface area contributed by atoms with Gasteiger partial charge in [-0.05, 0) is 48.6 Å². The molecule has 0 fully saturated rings. The van der Waals surface area contributed by atoms with Gasteiger partial charge in [0.2, 0.25) is 0 Å². The van der Waals surface area contributed by atoms with Crippen molar-refractivity contribution < 1.29 is 4.79 Å². The Balaban J connectivity index is 2.01. The molecular formula is C23H19N3O. The van der Waals surface area contributed by atoms with Crippen LogP contribution in [-0.2, 0) is 11.2 Å². The number of amides is 1. The van der Waals surface area contributed by atoms with Crippen molar-refractivity contribution in [3.8, 4) is 6.07 Å². The van der Waals surface area contributed by atoms with Crippen molar-refractivity contribution >= 4 is 28.5 Å². The van der Waals surface area contributed by atoms with Crippen LogP contribution < -0.4 is 5.73 Å². The first-order valence-electron chi connectivity index (χ1n) is 8.90. The molecule has 0 bridgehead atoms. The van der Waals surface area contributed by atoms with Crippen LogP contribution in [0.4, 0.5) is 0 Å². The van der Waals surface area contributed by atoms with Crippen LogP contribution in [0.2, 0.25) is 0 Å². The van der Waals surface area contributed by atoms with Crippen molar-refractivity contribution in [2.24, 2.45) is 5.73 Å². The van der Waals surface area contributed by atoms with Gasteiger partial charge in [0.05, 0.1) is 5.69 Å². The molecule has 0 saturated carbocycles. The number of carbonyl (C=O) groups is 1. The summed E-state index contributed by atoms with van der Waals surface area (Å²) < 4.78 is 0. The number of nitriles is 1. The Labute approximate surface area is 157 Å². The number of primary amides is 1. The highest BCUT2D eigenvalue weighted by molar-refractivity contribution is 6.10. The number of hydrogen-bond acceptors (Lipinski definition) is 2. The minimum Gasteiger partial charge on any atom is -0.365 e. The van der Waals surface area contributed by atoms with E-state index in [1.165, 1.54) is 5.56 Å². The molecule has 4 heteroatoms. The van der Waals surface area contributed by atoms with Crippen molar-refractivity contribution in [3.05, 3.63) is 82.1 Å². The lowest BCUT2D eigenvalue weighted by atomic mass is 9.83. The molecule has 0 atom stereocenters. The zero-order valence-corrected chi connectivity index (χ0v) is 15.0. The minimum atomic E-state index is -0.700. The summed E-state index contributed by atoms with van der Waals surface area (Å²) in [5.41, 5.74) is 12.3. The topological polar surface area (TPSA) is 82.7 Å². The Morgan fingerprint density at radius 2 is 1.96 bits per heavy atom. The summed E-state index contributed by atoms with van der Waals surface area (Å²) in [4.78, 5) is 15.4. The second kappa shape index (κ2) is 6.62. The van der Waals surface area contributed by atoms with E-state index in [9.17, 15) is 10.1 Å². The molecule has 3 aromatic rings. The smallest absolute Gasteiger partial charge is 0.260 e. The van der Waals surface area contributed by atoms with Crippen LogP contribution in [-0.4, -0.2) is 10.9 Å². The second-order valence-electron chi connectivity index (χ2n) is 6.83. The molecule has 27 heavy (non-hydrogen) atoms. The fourth-order valence-electron chi connectivity index (χ4n) is 3.79. The molecule has 0 saturated heterocycles. The maximum absolute atomic E-state index is 12.0. The van der Waals surface area contributed by atoms with Gasteiger partial charge in [0.15, 0.2) is 0 Å². The van der Waals surface area contributed by atoms with Crippen LogP contribution in [0.1, 0.15) is 28.8 Å². The van der Waals surface area contributed by atoms with Crippen LogP contribution >= 0.6 is 0 Å². The molecule has 0 unspecified atom stereocenters. The van der Waals surface area contributed by atoms with Crippen LogP contribution in [0.5, 0.6) is 0 Å². The molecule has 2 aromatic carbocycles. The number of nitrogens with zero attached hydrogens (tertiary/aromatic N) is 1. The van der Waals surface area contributed by atoms with Gasteiger partial charge in [-0.2, -0.15) is 5.26 Å². The number of rotatable bonds is 2. The summed E-state index contributed by atoms with van der Waals surface area (Å²) >= 11 is 0. The van der Waals surface area contributed by atoms with E-state index in [4.69, 9.17) is 5.73 Å². The maximum atomic E-state index is 12.0. The monoisotopic (exact) mass is 353 g/mol. The van der Waals surface area contributed by atoms with Crippen LogP contribution in [0.3, 0.4) is 0 Å². The average Bonchev–Trinajstić information content (AvgIpc) is 3.02. The first kappa shape index (κ1) is 16.9. The number of allylic oxidation sites excluding steroid dienone is 2. The standard InChI is InChI=1S/C23H19N3O/c1-14-7-10-20-18(11-14)17-9-8-16(12-15-5-3-2-4-6-15)21(22(17)26-20)19(13-24)23(25)27/h2-7,10-12,26H,8-9H2,1H3,(H2,25,27)/b16-12+,21-19-. The highest BCUT2D eigenvalue weighted by Crippen LogP contribution is 2.41. The van der Waals surface area contributed by atoms with Gasteiger partial charge in [-0.1, -0.05) is 48.0 Å². The van der Waals surface area contributed by atoms with E-state index in [0.717, 1.165) is 46.1 Å². The molecule has 132 valence electrons. The number of hydrogen-bond donors (Lipinski definition) is 2. The number of aryl methyl sites for hydroxylation is 2. The Bertz CT molecular complexity index is 1160. The molecule has 1 heterocycles. The molecule has 1 aliphatic rings. The zero-order valence-electron chi connectivity index (χ0n) is 15.0. The summed E-state index contributed by atoms with van der Waals surface area (Å²) in [6.45, 7) is 2.06. The molecule has 0 radical (unpaired) electrons. The van der Waals surface area contributed by atoms with E-state index in [1.54, 1.807) is 0 Å². The molecule has 1 aromatic heterocycles. The second-order valence-corrected chi connectivity index (χ2v) is 6.83. The normalized spacial score (nSPS) is 16.8. The SMILES string of the molecule is Cc1ccc2[nH]c3c(c2c1)CCC(=C\c1ccccc1)/C3=C(\C#N)C(N)=O. The highest BCUT2D eigenvalue weighted by Gasteiger charge is 2.27. The zero-order chi connectivity index (χ0) is 19.0. The van der Waals surface area contributed by atoms with Crippen LogP contribution in [0, 0.1) is 18.3 Å². The van der Waals surface area contributed by atoms with E-state index in [2.05, 4.69) is 18.0 Å². The lowest BCUT2D eigenvalue weighted by Crippen LogP contribution is -2.17. The number of fused-ring (bicyclic) bond motifs is 3. The number of aromatic amines is 1. The third kappa shape index (κ3) is 2.94. The molecule has 4 rings (SSSR count). The summed E-state index contributed by atoms with van der Waals surface area (Å²) in [6.07, 6.45) is 3.63. The van der Waals surface area contributed by atoms with E-state index < -0.39 is 5.91 Å². The van der Waals surface area contributed by atoms with Crippen molar-refractivity contribution in [2.45, 2.75) is 19.8 Å². The van der Waals surface area contributed by atoms with Gasteiger partial charge in [0.25, 0.3) is 5.91 Å². The van der Waals surface area contributed by atoms with E-state index in [1.807, 2.05) is 54.6 Å². The third-order valence-corrected chi connectivity index (χ3v) is 5.03. The van der Waals surface area contributed by atoms with Gasteiger partial charge < -0.3 is 10.7 Å². The molecule has 1 amide bonds. The van der Waals surface area contributed by atoms with Gasteiger partial charge in [-0.25, -0.2) is 0 Å². The number of carbonyl (C=O) groups excluding carboxylic acids is 1. The van der Waals surface area contributed by atoms with Crippen molar-refractivity contribution in [2.75, 3.05) is 0 Å². The van der Waals surface area contributed by atoms with Gasteiger partial charge in [-0.3, -0.25) is 4.79 Å². The quantitative estimate of drug-likeness (QED) is 0.533. The first-order chi connectivity index (χ1) is 13.1. The predicted molar refractivity (Wildman–Crippen MR) is 108 cm³/mol. The predicted octanol–water partition coefficient (Wildman–Crippen LogP) is 4.27. The summed E-state index contributed by atoms with van der Waals surface area (Å²) in [5, 5.41) is 10.8. The van der Waals surface area contributed by atoms with Gasteiger partial charge in [0, 0.05) is 16.5 Å². The van der Waals surface area contributed by atoms with E-state index >= 15 is 0 Å². The molecule has 0 aliphatic heterocycles. The number of H-pyrrole nitrogens is 1. The molecular weight excluding hydrogens is 334 g/mol. The Hall–Kier alpha value is -3.58. The fourth-order valence-corrected chi connectivity index (χ4v) is 3.79. The van der Waals surface area contributed by atoms with Gasteiger partial charge >= 0.3 is 0 Å². The van der Waals surface area contributed by atoms with Gasteiger partial charge in [0.1, 0.15) is 11.6 Å². The number of aromatic nitrogens is 1. The summed E-state index contributed by atoms with van der Waals surface area (Å²) in [5.74, 6) is -0.700. The third-order valence-electron chi connectivity index (χ3n) is 5.03. The van der Waals surface area contributed by atoms with E-state index in [-0.39, 0.29) is 5.57 Å². The number of benzene rings is 2. The highest BCUT2D eigenvalue weighted by atomic mass is 16.1. The Morgan fingerprint density at radius 1 is 1.19 bits per heavy atom. The fraction of sp³-hybridized carbons (Fsp3) is 0.130. The summed E-state index contributed by atoms with van der Waals surface area (Å²) in [7, 11) is 0. The summed E-state index contributed by atoms with van der Waals surface area (Å²) in [6, 6.07) is 18.2. The van der Waals surface area contributed by atoms with Crippen LogP contribution in [0.15, 0.2) is 59.7 Å². The minimum absolute atomic E-state index is 0.00130. The van der Waals surface area contributed by atoms with Crippen molar-refractivity contribution in [3.63, 3.8) is 0 Å². The Morgan fingerprint density at radius 3 is 2.67 bits per heavy atom. The first-order valence-corrected chi connectivity index (χ1v) is 8.90. The van der Waals surface area contributed by atoms with Crippen LogP contribution in [0.25, 0.3) is 22.6 Å². The molecule has 3 N–H and O–H groups in total. The lowest BCUT2D eigenvalue weighted by Gasteiger charge is -2.20. The maximum Gasteiger partial charge on any atom is 0.260 e. The largest absolute Gasteiger partial charge is 0.365 e. The van der Waals surface area contributed by atoms with Crippen molar-refractivity contribution in [1.82, 2.24) is 4.98 Å². The van der Waals surface area contributed by atoms with Gasteiger partial charge in [-0.15, -0.1) is 0 Å². The van der Waals surface area contributed by atoms with Crippen molar-refractivity contribution in [1.29, 1.82) is 5.26 Å². The lowest BCUT2D eigenvalue weighted by molar-refractivity contribution is -0.114. The molecule has 1 aliphatic carbocycles. The number of nitrogens with two attached hydrogens (primary N) is 1. The Kier molecular flexibility index (Phi) is 4.13. The average molecular weight is 353 g/mol. The molecule has 4 nitrogen and oxygen atoms in total. The number of nitrogens with one attached hydrogen (secondary N) is 1.